The van der Waals surface area contributed by atoms with E-state index >= 15 is 0 Å². The summed E-state index contributed by atoms with van der Waals surface area (Å²) in [7, 11) is 0. The minimum absolute atomic E-state index is 0.0396. The van der Waals surface area contributed by atoms with Crippen LogP contribution < -0.4 is 15.5 Å². The van der Waals surface area contributed by atoms with Crippen molar-refractivity contribution in [3.8, 4) is 0 Å². The first-order valence-corrected chi connectivity index (χ1v) is 13.3. The van der Waals surface area contributed by atoms with Crippen LogP contribution in [-0.2, 0) is 14.3 Å². The SMILES string of the molecule is CC1(C)CC(=O)C2=C(C1)Nc1ccccc1N(CC(=O)NCCN1CCOCC1)C2c1cccs1. The van der Waals surface area contributed by atoms with Gasteiger partial charge in [0, 0.05) is 48.7 Å². The van der Waals surface area contributed by atoms with Gasteiger partial charge in [-0.25, -0.2) is 0 Å². The van der Waals surface area contributed by atoms with Gasteiger partial charge in [-0.1, -0.05) is 32.0 Å². The Labute approximate surface area is 211 Å². The van der Waals surface area contributed by atoms with Crippen LogP contribution in [0.1, 0.15) is 37.6 Å². The Morgan fingerprint density at radius 3 is 2.74 bits per heavy atom. The minimum Gasteiger partial charge on any atom is -0.379 e. The summed E-state index contributed by atoms with van der Waals surface area (Å²) >= 11 is 1.63. The second-order valence-electron chi connectivity index (χ2n) is 10.3. The van der Waals surface area contributed by atoms with Crippen molar-refractivity contribution in [1.29, 1.82) is 0 Å². The third-order valence-corrected chi connectivity index (χ3v) is 7.91. The molecule has 8 heteroatoms. The molecule has 2 N–H and O–H groups in total. The van der Waals surface area contributed by atoms with Crippen LogP contribution in [0.4, 0.5) is 11.4 Å². The third-order valence-electron chi connectivity index (χ3n) is 6.98. The average molecular weight is 495 g/mol. The normalized spacial score (nSPS) is 22.2. The van der Waals surface area contributed by atoms with E-state index in [2.05, 4.69) is 40.3 Å². The van der Waals surface area contributed by atoms with Crippen LogP contribution >= 0.6 is 11.3 Å². The summed E-state index contributed by atoms with van der Waals surface area (Å²) in [6.07, 6.45) is 1.30. The molecule has 0 saturated carbocycles. The highest BCUT2D eigenvalue weighted by atomic mass is 32.1. The molecular formula is C27H34N4O3S. The van der Waals surface area contributed by atoms with Gasteiger partial charge in [0.15, 0.2) is 5.78 Å². The van der Waals surface area contributed by atoms with Gasteiger partial charge in [0.2, 0.25) is 5.91 Å². The Balaban J connectivity index is 1.45. The topological polar surface area (TPSA) is 73.9 Å². The molecule has 186 valence electrons. The molecule has 35 heavy (non-hydrogen) atoms. The highest BCUT2D eigenvalue weighted by molar-refractivity contribution is 7.10. The molecular weight excluding hydrogens is 460 g/mol. The average Bonchev–Trinajstić information content (AvgIpc) is 3.31. The molecule has 3 heterocycles. The van der Waals surface area contributed by atoms with E-state index in [1.54, 1.807) is 11.3 Å². The predicted octanol–water partition coefficient (Wildman–Crippen LogP) is 3.81. The largest absolute Gasteiger partial charge is 0.379 e. The number of rotatable bonds is 6. The molecule has 0 spiro atoms. The summed E-state index contributed by atoms with van der Waals surface area (Å²) in [6, 6.07) is 11.9. The standard InChI is InChI=1S/C27H34N4O3S/c1-27(2)16-20-25(22(32)17-27)26(23-8-5-15-35-23)31(21-7-4-3-6-19(21)29-20)18-24(33)28-9-10-30-11-13-34-14-12-30/h3-8,15,26,29H,9-14,16-18H2,1-2H3,(H,28,33). The summed E-state index contributed by atoms with van der Waals surface area (Å²) in [5.74, 6) is 0.120. The molecule has 7 nitrogen and oxygen atoms in total. The zero-order chi connectivity index (χ0) is 24.4. The highest BCUT2D eigenvalue weighted by Gasteiger charge is 2.42. The van der Waals surface area contributed by atoms with Crippen LogP contribution in [0.2, 0.25) is 0 Å². The van der Waals surface area contributed by atoms with Crippen molar-refractivity contribution in [2.24, 2.45) is 5.41 Å². The summed E-state index contributed by atoms with van der Waals surface area (Å²) in [5.41, 5.74) is 3.54. The van der Waals surface area contributed by atoms with Crippen LogP contribution in [0.5, 0.6) is 0 Å². The van der Waals surface area contributed by atoms with Crippen LogP contribution in [0.15, 0.2) is 53.0 Å². The lowest BCUT2D eigenvalue weighted by molar-refractivity contribution is -0.120. The number of para-hydroxylation sites is 2. The number of nitrogens with one attached hydrogen (secondary N) is 2. The van der Waals surface area contributed by atoms with Gasteiger partial charge in [-0.2, -0.15) is 0 Å². The number of anilines is 2. The lowest BCUT2D eigenvalue weighted by atomic mass is 9.74. The molecule has 0 radical (unpaired) electrons. The van der Waals surface area contributed by atoms with Crippen LogP contribution in [0.25, 0.3) is 0 Å². The maximum absolute atomic E-state index is 13.6. The van der Waals surface area contributed by atoms with E-state index in [4.69, 9.17) is 4.74 Å². The number of hydrogen-bond donors (Lipinski definition) is 2. The molecule has 1 unspecified atom stereocenters. The van der Waals surface area contributed by atoms with Gasteiger partial charge in [0.05, 0.1) is 37.2 Å². The number of hydrogen-bond acceptors (Lipinski definition) is 7. The lowest BCUT2D eigenvalue weighted by Crippen LogP contribution is -2.45. The molecule has 2 aromatic rings. The second kappa shape index (κ2) is 10.1. The van der Waals surface area contributed by atoms with Gasteiger partial charge in [-0.15, -0.1) is 11.3 Å². The molecule has 1 aromatic carbocycles. The van der Waals surface area contributed by atoms with Crippen LogP contribution in [0, 0.1) is 5.41 Å². The monoisotopic (exact) mass is 494 g/mol. The summed E-state index contributed by atoms with van der Waals surface area (Å²) in [6.45, 7) is 9.17. The number of nitrogens with zero attached hydrogens (tertiary/aromatic N) is 2. The Bertz CT molecular complexity index is 1110. The molecule has 1 fully saturated rings. The molecule has 5 rings (SSSR count). The molecule has 2 aliphatic heterocycles. The zero-order valence-electron chi connectivity index (χ0n) is 20.5. The van der Waals surface area contributed by atoms with Gasteiger partial charge < -0.3 is 20.3 Å². The fourth-order valence-corrected chi connectivity index (χ4v) is 6.20. The van der Waals surface area contributed by atoms with E-state index in [9.17, 15) is 9.59 Å². The number of amides is 1. The molecule has 1 aromatic heterocycles. The molecule has 1 atom stereocenters. The van der Waals surface area contributed by atoms with Crippen molar-refractivity contribution >= 4 is 34.4 Å². The van der Waals surface area contributed by atoms with E-state index in [1.165, 1.54) is 0 Å². The first-order valence-electron chi connectivity index (χ1n) is 12.4. The number of morpholine rings is 1. The van der Waals surface area contributed by atoms with E-state index in [0.717, 1.165) is 66.8 Å². The number of benzene rings is 1. The lowest BCUT2D eigenvalue weighted by Gasteiger charge is -2.37. The van der Waals surface area contributed by atoms with Gasteiger partial charge in [0.25, 0.3) is 0 Å². The summed E-state index contributed by atoms with van der Waals surface area (Å²) in [5, 5.41) is 8.75. The minimum atomic E-state index is -0.297. The first kappa shape index (κ1) is 24.0. The van der Waals surface area contributed by atoms with Crippen molar-refractivity contribution in [2.45, 2.75) is 32.7 Å². The van der Waals surface area contributed by atoms with E-state index in [0.29, 0.717) is 13.0 Å². The van der Waals surface area contributed by atoms with Crippen molar-refractivity contribution in [2.75, 3.05) is 56.2 Å². The number of carbonyl (C=O) groups is 2. The molecule has 1 aliphatic carbocycles. The highest BCUT2D eigenvalue weighted by Crippen LogP contribution is 2.48. The maximum atomic E-state index is 13.6. The number of allylic oxidation sites excluding steroid dienone is 1. The smallest absolute Gasteiger partial charge is 0.239 e. The molecule has 1 amide bonds. The quantitative estimate of drug-likeness (QED) is 0.636. The van der Waals surface area contributed by atoms with E-state index in [1.807, 2.05) is 35.7 Å². The van der Waals surface area contributed by atoms with Crippen molar-refractivity contribution in [1.82, 2.24) is 10.2 Å². The molecule has 3 aliphatic rings. The maximum Gasteiger partial charge on any atom is 0.239 e. The van der Waals surface area contributed by atoms with Crippen molar-refractivity contribution in [3.63, 3.8) is 0 Å². The van der Waals surface area contributed by atoms with Gasteiger partial charge >= 0.3 is 0 Å². The van der Waals surface area contributed by atoms with Crippen LogP contribution in [0.3, 0.4) is 0 Å². The van der Waals surface area contributed by atoms with Gasteiger partial charge in [0.1, 0.15) is 0 Å². The van der Waals surface area contributed by atoms with Crippen molar-refractivity contribution in [3.05, 3.63) is 57.9 Å². The van der Waals surface area contributed by atoms with Gasteiger partial charge in [-0.3, -0.25) is 14.5 Å². The zero-order valence-corrected chi connectivity index (χ0v) is 21.3. The fourth-order valence-electron chi connectivity index (χ4n) is 5.36. The number of ether oxygens (including phenoxy) is 1. The second-order valence-corrected chi connectivity index (χ2v) is 11.3. The Morgan fingerprint density at radius 1 is 1.17 bits per heavy atom. The molecule has 0 bridgehead atoms. The Morgan fingerprint density at radius 2 is 1.97 bits per heavy atom. The van der Waals surface area contributed by atoms with Crippen molar-refractivity contribution < 1.29 is 14.3 Å². The van der Waals surface area contributed by atoms with E-state index in [-0.39, 0.29) is 29.7 Å². The van der Waals surface area contributed by atoms with E-state index < -0.39 is 0 Å². The van der Waals surface area contributed by atoms with Crippen LogP contribution in [-0.4, -0.2) is 62.5 Å². The summed E-state index contributed by atoms with van der Waals surface area (Å²) < 4.78 is 5.41. The third kappa shape index (κ3) is 5.29. The Kier molecular flexibility index (Phi) is 6.95. The first-order chi connectivity index (χ1) is 16.9. The number of Topliss-reactive ketones (excluding diaryl/α,β-unsaturated/α-hetero) is 1. The van der Waals surface area contributed by atoms with Gasteiger partial charge in [-0.05, 0) is 35.4 Å². The number of ketones is 1. The number of carbonyl (C=O) groups excluding carboxylic acids is 2. The predicted molar refractivity (Wildman–Crippen MR) is 140 cm³/mol. The Hall–Kier alpha value is -2.68. The number of thiophene rings is 1. The fraction of sp³-hybridized carbons (Fsp3) is 0.481. The number of fused-ring (bicyclic) bond motifs is 1. The molecule has 1 saturated heterocycles. The summed E-state index contributed by atoms with van der Waals surface area (Å²) in [4.78, 5) is 32.3.